The summed E-state index contributed by atoms with van der Waals surface area (Å²) in [5, 5.41) is 0. The molecule has 0 saturated heterocycles. The van der Waals surface area contributed by atoms with Gasteiger partial charge in [-0.2, -0.15) is 0 Å². The first kappa shape index (κ1) is 9.83. The maximum atomic E-state index is 5.68. The Morgan fingerprint density at radius 3 is 2.77 bits per heavy atom. The Kier molecular flexibility index (Phi) is 3.54. The Morgan fingerprint density at radius 1 is 1.46 bits per heavy atom. The molecule has 13 heavy (non-hydrogen) atoms. The van der Waals surface area contributed by atoms with Crippen LogP contribution in [0.25, 0.3) is 0 Å². The zero-order valence-electron chi connectivity index (χ0n) is 7.96. The van der Waals surface area contributed by atoms with Crippen molar-refractivity contribution in [2.75, 3.05) is 0 Å². The third-order valence-corrected chi connectivity index (χ3v) is 2.04. The molecular formula is C12H15N. The second-order valence-corrected chi connectivity index (χ2v) is 3.32. The van der Waals surface area contributed by atoms with Gasteiger partial charge >= 0.3 is 0 Å². The van der Waals surface area contributed by atoms with Gasteiger partial charge in [0.2, 0.25) is 0 Å². The van der Waals surface area contributed by atoms with E-state index in [2.05, 4.69) is 12.0 Å². The van der Waals surface area contributed by atoms with Crippen LogP contribution < -0.4 is 5.73 Å². The van der Waals surface area contributed by atoms with Crippen LogP contribution in [0.1, 0.15) is 24.5 Å². The minimum atomic E-state index is 0.242. The molecule has 1 nitrogen and oxygen atoms in total. The fourth-order valence-corrected chi connectivity index (χ4v) is 1.26. The van der Waals surface area contributed by atoms with Gasteiger partial charge in [0.25, 0.3) is 0 Å². The molecule has 1 heteroatoms. The van der Waals surface area contributed by atoms with E-state index in [1.165, 1.54) is 5.56 Å². The Hall–Kier alpha value is -1.26. The zero-order chi connectivity index (χ0) is 9.68. The molecule has 0 aromatic heterocycles. The molecule has 0 amide bonds. The fourth-order valence-electron chi connectivity index (χ4n) is 1.26. The van der Waals surface area contributed by atoms with E-state index < -0.39 is 0 Å². The fraction of sp³-hybridized carbons (Fsp3) is 0.333. The summed E-state index contributed by atoms with van der Waals surface area (Å²) >= 11 is 0. The monoisotopic (exact) mass is 173 g/mol. The number of rotatable bonds is 3. The van der Waals surface area contributed by atoms with Crippen LogP contribution in [-0.4, -0.2) is 6.04 Å². The minimum Gasteiger partial charge on any atom is -0.328 e. The SMILES string of the molecule is C#Cc1ccccc1CCC(C)N. The highest BCUT2D eigenvalue weighted by Gasteiger charge is 2.00. The first-order valence-corrected chi connectivity index (χ1v) is 4.54. The maximum Gasteiger partial charge on any atom is 0.0274 e. The van der Waals surface area contributed by atoms with Crippen LogP contribution in [0.4, 0.5) is 0 Å². The van der Waals surface area contributed by atoms with Gasteiger partial charge in [-0.3, -0.25) is 0 Å². The number of terminal acetylenes is 1. The van der Waals surface area contributed by atoms with Crippen molar-refractivity contribution in [1.82, 2.24) is 0 Å². The molecule has 0 heterocycles. The molecule has 1 rings (SSSR count). The van der Waals surface area contributed by atoms with Crippen LogP contribution in [0, 0.1) is 12.3 Å². The van der Waals surface area contributed by atoms with Gasteiger partial charge in [-0.25, -0.2) is 0 Å². The largest absolute Gasteiger partial charge is 0.328 e. The molecule has 0 aliphatic rings. The van der Waals surface area contributed by atoms with Gasteiger partial charge < -0.3 is 5.73 Å². The van der Waals surface area contributed by atoms with Crippen LogP contribution in [0.15, 0.2) is 24.3 Å². The lowest BCUT2D eigenvalue weighted by molar-refractivity contribution is 0.665. The number of nitrogens with two attached hydrogens (primary N) is 1. The zero-order valence-corrected chi connectivity index (χ0v) is 7.96. The van der Waals surface area contributed by atoms with E-state index in [-0.39, 0.29) is 6.04 Å². The number of aryl methyl sites for hydroxylation is 1. The quantitative estimate of drug-likeness (QED) is 0.695. The van der Waals surface area contributed by atoms with Crippen molar-refractivity contribution >= 4 is 0 Å². The highest BCUT2D eigenvalue weighted by Crippen LogP contribution is 2.10. The minimum absolute atomic E-state index is 0.242. The van der Waals surface area contributed by atoms with Crippen LogP contribution in [0.2, 0.25) is 0 Å². The number of benzene rings is 1. The topological polar surface area (TPSA) is 26.0 Å². The molecule has 0 spiro atoms. The van der Waals surface area contributed by atoms with Crippen molar-refractivity contribution in [3.8, 4) is 12.3 Å². The summed E-state index contributed by atoms with van der Waals surface area (Å²) in [6, 6.07) is 8.25. The van der Waals surface area contributed by atoms with Crippen molar-refractivity contribution in [2.24, 2.45) is 5.73 Å². The van der Waals surface area contributed by atoms with Gasteiger partial charge in [-0.15, -0.1) is 6.42 Å². The molecule has 0 aliphatic heterocycles. The molecule has 1 aromatic rings. The molecule has 1 unspecified atom stereocenters. The molecule has 0 bridgehead atoms. The average molecular weight is 173 g/mol. The second kappa shape index (κ2) is 4.69. The van der Waals surface area contributed by atoms with Gasteiger partial charge in [0.1, 0.15) is 0 Å². The summed E-state index contributed by atoms with van der Waals surface area (Å²) in [6.07, 6.45) is 7.33. The van der Waals surface area contributed by atoms with Gasteiger partial charge in [0, 0.05) is 11.6 Å². The lowest BCUT2D eigenvalue weighted by atomic mass is 10.0. The predicted octanol–water partition coefficient (Wildman–Crippen LogP) is 1.95. The molecule has 1 atom stereocenters. The van der Waals surface area contributed by atoms with E-state index in [1.807, 2.05) is 25.1 Å². The van der Waals surface area contributed by atoms with Crippen molar-refractivity contribution < 1.29 is 0 Å². The second-order valence-electron chi connectivity index (χ2n) is 3.32. The molecule has 0 fully saturated rings. The summed E-state index contributed by atoms with van der Waals surface area (Å²) in [5.74, 6) is 2.68. The number of hydrogen-bond donors (Lipinski definition) is 1. The molecule has 1 aromatic carbocycles. The molecule has 0 aliphatic carbocycles. The summed E-state index contributed by atoms with van der Waals surface area (Å²) in [7, 11) is 0. The van der Waals surface area contributed by atoms with Crippen molar-refractivity contribution in [3.05, 3.63) is 35.4 Å². The van der Waals surface area contributed by atoms with E-state index in [1.54, 1.807) is 0 Å². The van der Waals surface area contributed by atoms with Crippen LogP contribution in [-0.2, 0) is 6.42 Å². The van der Waals surface area contributed by atoms with Gasteiger partial charge in [0.05, 0.1) is 0 Å². The summed E-state index contributed by atoms with van der Waals surface area (Å²) in [6.45, 7) is 2.01. The van der Waals surface area contributed by atoms with Crippen molar-refractivity contribution in [1.29, 1.82) is 0 Å². The number of hydrogen-bond acceptors (Lipinski definition) is 1. The third-order valence-electron chi connectivity index (χ3n) is 2.04. The van der Waals surface area contributed by atoms with E-state index in [4.69, 9.17) is 12.2 Å². The first-order valence-electron chi connectivity index (χ1n) is 4.54. The Bertz CT molecular complexity index is 307. The Labute approximate surface area is 80.0 Å². The van der Waals surface area contributed by atoms with Crippen LogP contribution >= 0.6 is 0 Å². The van der Waals surface area contributed by atoms with E-state index in [9.17, 15) is 0 Å². The lowest BCUT2D eigenvalue weighted by Gasteiger charge is -2.06. The maximum absolute atomic E-state index is 5.68. The first-order chi connectivity index (χ1) is 6.24. The van der Waals surface area contributed by atoms with Crippen molar-refractivity contribution in [2.45, 2.75) is 25.8 Å². The lowest BCUT2D eigenvalue weighted by Crippen LogP contribution is -2.15. The Balaban J connectivity index is 2.71. The van der Waals surface area contributed by atoms with E-state index in [0.29, 0.717) is 0 Å². The third kappa shape index (κ3) is 2.93. The van der Waals surface area contributed by atoms with Gasteiger partial charge in [-0.1, -0.05) is 24.1 Å². The Morgan fingerprint density at radius 2 is 2.15 bits per heavy atom. The smallest absolute Gasteiger partial charge is 0.0274 e. The summed E-state index contributed by atoms with van der Waals surface area (Å²) in [4.78, 5) is 0. The molecule has 68 valence electrons. The molecule has 0 radical (unpaired) electrons. The van der Waals surface area contributed by atoms with E-state index >= 15 is 0 Å². The molecular weight excluding hydrogens is 158 g/mol. The van der Waals surface area contributed by atoms with E-state index in [0.717, 1.165) is 18.4 Å². The van der Waals surface area contributed by atoms with Crippen LogP contribution in [0.3, 0.4) is 0 Å². The van der Waals surface area contributed by atoms with Crippen molar-refractivity contribution in [3.63, 3.8) is 0 Å². The highest BCUT2D eigenvalue weighted by atomic mass is 14.6. The standard InChI is InChI=1S/C12H15N/c1-3-11-6-4-5-7-12(11)9-8-10(2)13/h1,4-7,10H,8-9,13H2,2H3. The normalized spacial score (nSPS) is 12.1. The van der Waals surface area contributed by atoms with Gasteiger partial charge in [0.15, 0.2) is 0 Å². The highest BCUT2D eigenvalue weighted by molar-refractivity contribution is 5.39. The molecule has 0 saturated carbocycles. The van der Waals surface area contributed by atoms with Crippen LogP contribution in [0.5, 0.6) is 0 Å². The average Bonchev–Trinajstić information content (AvgIpc) is 2.15. The van der Waals surface area contributed by atoms with Gasteiger partial charge in [-0.05, 0) is 31.4 Å². The summed E-state index contributed by atoms with van der Waals surface area (Å²) in [5.41, 5.74) is 7.89. The molecule has 2 N–H and O–H groups in total. The predicted molar refractivity (Wildman–Crippen MR) is 56.3 cm³/mol. The summed E-state index contributed by atoms with van der Waals surface area (Å²) < 4.78 is 0.